The number of nitrogens with one attached hydrogen (secondary N) is 1. The number of aromatic amines is 1. The second-order valence-corrected chi connectivity index (χ2v) is 8.70. The molecule has 31 heavy (non-hydrogen) atoms. The summed E-state index contributed by atoms with van der Waals surface area (Å²) in [5.74, 6) is 1.57. The Labute approximate surface area is 180 Å². The molecule has 0 spiro atoms. The van der Waals surface area contributed by atoms with Gasteiger partial charge in [-0.15, -0.1) is 0 Å². The highest BCUT2D eigenvalue weighted by Gasteiger charge is 2.22. The maximum atomic E-state index is 12.8. The van der Waals surface area contributed by atoms with Crippen molar-refractivity contribution in [3.63, 3.8) is 0 Å². The van der Waals surface area contributed by atoms with Gasteiger partial charge in [0.15, 0.2) is 11.2 Å². The van der Waals surface area contributed by atoms with Gasteiger partial charge in [0.05, 0.1) is 13.1 Å². The zero-order valence-corrected chi connectivity index (χ0v) is 18.0. The fourth-order valence-electron chi connectivity index (χ4n) is 4.59. The first kappa shape index (κ1) is 19.8. The largest absolute Gasteiger partial charge is 0.329 e. The molecule has 2 aromatic heterocycles. The summed E-state index contributed by atoms with van der Waals surface area (Å²) in [5.41, 5.74) is 1.19. The van der Waals surface area contributed by atoms with Crippen molar-refractivity contribution in [1.82, 2.24) is 24.0 Å². The predicted octanol–water partition coefficient (Wildman–Crippen LogP) is 2.86. The molecule has 4 aromatic rings. The topological polar surface area (TPSA) is 75.9 Å². The third-order valence-electron chi connectivity index (χ3n) is 6.54. The van der Waals surface area contributed by atoms with Crippen LogP contribution in [-0.4, -0.2) is 37.1 Å². The van der Waals surface area contributed by atoms with E-state index in [-0.39, 0.29) is 5.56 Å². The number of fused-ring (bicyclic) bond motifs is 2. The lowest BCUT2D eigenvalue weighted by Gasteiger charge is -2.29. The molecule has 2 aromatic carbocycles. The quantitative estimate of drug-likeness (QED) is 0.554. The van der Waals surface area contributed by atoms with Crippen molar-refractivity contribution in [2.45, 2.75) is 32.9 Å². The summed E-state index contributed by atoms with van der Waals surface area (Å²) in [5, 5.41) is 2.32. The number of aromatic nitrogens is 4. The molecule has 1 N–H and O–H groups in total. The molecule has 7 nitrogen and oxygen atoms in total. The van der Waals surface area contributed by atoms with Crippen LogP contribution in [-0.2, 0) is 20.1 Å². The lowest BCUT2D eigenvalue weighted by atomic mass is 9.99. The molecule has 5 rings (SSSR count). The highest BCUT2D eigenvalue weighted by atomic mass is 16.2. The minimum Gasteiger partial charge on any atom is -0.317 e. The zero-order valence-electron chi connectivity index (χ0n) is 18.0. The third kappa shape index (κ3) is 3.59. The van der Waals surface area contributed by atoms with Crippen LogP contribution in [0.5, 0.6) is 0 Å². The van der Waals surface area contributed by atoms with Crippen LogP contribution >= 0.6 is 0 Å². The number of benzene rings is 2. The summed E-state index contributed by atoms with van der Waals surface area (Å²) in [4.78, 5) is 34.6. The van der Waals surface area contributed by atoms with Gasteiger partial charge in [-0.05, 0) is 48.2 Å². The molecule has 0 saturated carbocycles. The monoisotopic (exact) mass is 417 g/mol. The van der Waals surface area contributed by atoms with Gasteiger partial charge < -0.3 is 4.57 Å². The van der Waals surface area contributed by atoms with Gasteiger partial charge in [0, 0.05) is 7.05 Å². The first-order valence-electron chi connectivity index (χ1n) is 10.9. The molecule has 1 aliphatic heterocycles. The maximum absolute atomic E-state index is 12.8. The number of hydrogen-bond acceptors (Lipinski definition) is 4. The van der Waals surface area contributed by atoms with Crippen molar-refractivity contribution in [1.29, 1.82) is 0 Å². The molecular weight excluding hydrogens is 390 g/mol. The van der Waals surface area contributed by atoms with E-state index in [0.717, 1.165) is 41.2 Å². The van der Waals surface area contributed by atoms with E-state index in [0.29, 0.717) is 24.3 Å². The van der Waals surface area contributed by atoms with Crippen LogP contribution in [0.1, 0.15) is 31.2 Å². The van der Waals surface area contributed by atoms with Gasteiger partial charge in [-0.2, -0.15) is 0 Å². The summed E-state index contributed by atoms with van der Waals surface area (Å²) in [6.45, 7) is 5.53. The number of hydrogen-bond donors (Lipinski definition) is 1. The number of imidazole rings is 1. The molecule has 0 bridgehead atoms. The summed E-state index contributed by atoms with van der Waals surface area (Å²) >= 11 is 0. The molecule has 1 aliphatic rings. The predicted molar refractivity (Wildman–Crippen MR) is 122 cm³/mol. The van der Waals surface area contributed by atoms with E-state index in [9.17, 15) is 9.59 Å². The van der Waals surface area contributed by atoms with Gasteiger partial charge in [-0.1, -0.05) is 49.4 Å². The number of likely N-dealkylation sites (tertiary alicyclic amines) is 1. The Bertz CT molecular complexity index is 1370. The van der Waals surface area contributed by atoms with Crippen LogP contribution in [0.15, 0.2) is 52.1 Å². The molecule has 0 radical (unpaired) electrons. The molecule has 1 fully saturated rings. The fraction of sp³-hybridized carbons (Fsp3) is 0.375. The normalized spacial score (nSPS) is 15.8. The highest BCUT2D eigenvalue weighted by molar-refractivity contribution is 5.85. The van der Waals surface area contributed by atoms with Crippen LogP contribution in [0.4, 0.5) is 0 Å². The van der Waals surface area contributed by atoms with Gasteiger partial charge in [0.1, 0.15) is 5.82 Å². The van der Waals surface area contributed by atoms with Crippen LogP contribution in [0, 0.1) is 5.92 Å². The minimum absolute atomic E-state index is 0.385. The summed E-state index contributed by atoms with van der Waals surface area (Å²) in [6, 6.07) is 14.5. The number of nitrogens with zero attached hydrogens (tertiary/aromatic N) is 4. The van der Waals surface area contributed by atoms with Crippen molar-refractivity contribution in [2.24, 2.45) is 13.0 Å². The Morgan fingerprint density at radius 3 is 2.58 bits per heavy atom. The minimum atomic E-state index is -0.439. The van der Waals surface area contributed by atoms with E-state index in [4.69, 9.17) is 4.98 Å². The summed E-state index contributed by atoms with van der Waals surface area (Å²) in [7, 11) is 1.65. The van der Waals surface area contributed by atoms with Crippen LogP contribution in [0.25, 0.3) is 21.9 Å². The van der Waals surface area contributed by atoms with Crippen molar-refractivity contribution in [2.75, 3.05) is 13.1 Å². The molecule has 0 atom stereocenters. The Morgan fingerprint density at radius 2 is 1.77 bits per heavy atom. The number of rotatable bonds is 4. The lowest BCUT2D eigenvalue weighted by molar-refractivity contribution is 0.180. The first-order chi connectivity index (χ1) is 15.0. The highest BCUT2D eigenvalue weighted by Crippen LogP contribution is 2.23. The Morgan fingerprint density at radius 1 is 1.03 bits per heavy atom. The van der Waals surface area contributed by atoms with Crippen molar-refractivity contribution < 1.29 is 0 Å². The zero-order chi connectivity index (χ0) is 21.5. The van der Waals surface area contributed by atoms with Crippen LogP contribution in [0.3, 0.4) is 0 Å². The van der Waals surface area contributed by atoms with Gasteiger partial charge in [0.2, 0.25) is 0 Å². The SMILES string of the molecule is CC1CCN(Cc2nc3c(c(=O)[nH]c(=O)n3C)n2Cc2cccc3ccccc23)CC1. The molecule has 1 saturated heterocycles. The van der Waals surface area contributed by atoms with E-state index in [1.807, 2.05) is 22.8 Å². The Hall–Kier alpha value is -3.19. The van der Waals surface area contributed by atoms with Crippen molar-refractivity contribution in [3.05, 3.63) is 74.7 Å². The molecule has 7 heteroatoms. The van der Waals surface area contributed by atoms with E-state index in [2.05, 4.69) is 41.1 Å². The lowest BCUT2D eigenvalue weighted by Crippen LogP contribution is -2.33. The first-order valence-corrected chi connectivity index (χ1v) is 10.9. The molecular formula is C24H27N5O2. The average Bonchev–Trinajstić information content (AvgIpc) is 3.12. The van der Waals surface area contributed by atoms with E-state index >= 15 is 0 Å². The summed E-state index contributed by atoms with van der Waals surface area (Å²) in [6.07, 6.45) is 2.34. The molecule has 0 aliphatic carbocycles. The van der Waals surface area contributed by atoms with Gasteiger partial charge >= 0.3 is 5.69 Å². The molecule has 160 valence electrons. The van der Waals surface area contributed by atoms with Gasteiger partial charge in [0.25, 0.3) is 5.56 Å². The third-order valence-corrected chi connectivity index (χ3v) is 6.54. The molecule has 0 unspecified atom stereocenters. The molecule has 0 amide bonds. The van der Waals surface area contributed by atoms with Gasteiger partial charge in [-0.25, -0.2) is 9.78 Å². The standard InChI is InChI=1S/C24H27N5O2/c1-16-10-12-28(13-11-16)15-20-25-22-21(23(30)26-24(31)27(22)2)29(20)14-18-8-5-7-17-6-3-4-9-19(17)18/h3-9,16H,10-15H2,1-2H3,(H,26,30,31). The molecule has 3 heterocycles. The maximum Gasteiger partial charge on any atom is 0.329 e. The second-order valence-electron chi connectivity index (χ2n) is 8.70. The Kier molecular flexibility index (Phi) is 4.98. The number of aryl methyl sites for hydroxylation is 1. The van der Waals surface area contributed by atoms with Crippen molar-refractivity contribution >= 4 is 21.9 Å². The fourth-order valence-corrected chi connectivity index (χ4v) is 4.59. The number of H-pyrrole nitrogens is 1. The van der Waals surface area contributed by atoms with Gasteiger partial charge in [-0.3, -0.25) is 19.2 Å². The van der Waals surface area contributed by atoms with Crippen LogP contribution < -0.4 is 11.2 Å². The van der Waals surface area contributed by atoms with E-state index in [1.165, 1.54) is 17.4 Å². The Balaban J connectivity index is 1.65. The van der Waals surface area contributed by atoms with E-state index < -0.39 is 5.69 Å². The van der Waals surface area contributed by atoms with E-state index in [1.54, 1.807) is 7.05 Å². The van der Waals surface area contributed by atoms with Crippen LogP contribution in [0.2, 0.25) is 0 Å². The second kappa shape index (κ2) is 7.81. The number of piperidine rings is 1. The summed E-state index contributed by atoms with van der Waals surface area (Å²) < 4.78 is 3.42. The smallest absolute Gasteiger partial charge is 0.317 e. The average molecular weight is 418 g/mol. The van der Waals surface area contributed by atoms with Crippen molar-refractivity contribution in [3.8, 4) is 0 Å².